The molecular formula is C13H9ClN6S2. The summed E-state index contributed by atoms with van der Waals surface area (Å²) in [5.74, 6) is 0. The predicted octanol–water partition coefficient (Wildman–Crippen LogP) is 3.57. The Hall–Kier alpha value is -2.03. The Morgan fingerprint density at radius 1 is 1.23 bits per heavy atom. The summed E-state index contributed by atoms with van der Waals surface area (Å²) in [7, 11) is 0. The molecule has 0 radical (unpaired) electrons. The van der Waals surface area contributed by atoms with E-state index in [0.717, 1.165) is 26.1 Å². The number of fused-ring (bicyclic) bond motifs is 1. The van der Waals surface area contributed by atoms with Crippen molar-refractivity contribution in [2.75, 3.05) is 5.32 Å². The van der Waals surface area contributed by atoms with Gasteiger partial charge < -0.3 is 5.32 Å². The molecule has 0 saturated carbocycles. The Bertz CT molecular complexity index is 899. The number of aromatic nitrogens is 5. The molecule has 0 fully saturated rings. The molecule has 3 heterocycles. The van der Waals surface area contributed by atoms with Crippen LogP contribution in [0, 0.1) is 0 Å². The van der Waals surface area contributed by atoms with Gasteiger partial charge >= 0.3 is 0 Å². The Labute approximate surface area is 138 Å². The number of thiazole rings is 1. The van der Waals surface area contributed by atoms with Crippen LogP contribution >= 0.6 is 34.3 Å². The van der Waals surface area contributed by atoms with Crippen molar-refractivity contribution in [3.05, 3.63) is 46.1 Å². The van der Waals surface area contributed by atoms with E-state index < -0.39 is 0 Å². The van der Waals surface area contributed by atoms with Crippen molar-refractivity contribution in [3.63, 3.8) is 0 Å². The van der Waals surface area contributed by atoms with Crippen molar-refractivity contribution < 1.29 is 0 Å². The second-order valence-corrected chi connectivity index (χ2v) is 7.10. The van der Waals surface area contributed by atoms with Crippen LogP contribution in [-0.4, -0.2) is 24.8 Å². The molecule has 6 nitrogen and oxygen atoms in total. The number of nitrogens with zero attached hydrogens (tertiary/aromatic N) is 5. The van der Waals surface area contributed by atoms with Crippen LogP contribution < -0.4 is 5.32 Å². The lowest BCUT2D eigenvalue weighted by Gasteiger charge is -2.08. The van der Waals surface area contributed by atoms with Crippen molar-refractivity contribution in [2.24, 2.45) is 0 Å². The number of nitrogens with one attached hydrogen (secondary N) is 1. The lowest BCUT2D eigenvalue weighted by atomic mass is 10.2. The van der Waals surface area contributed by atoms with Crippen LogP contribution in [0.2, 0.25) is 4.47 Å². The molecule has 9 heteroatoms. The van der Waals surface area contributed by atoms with Gasteiger partial charge in [-0.3, -0.25) is 0 Å². The summed E-state index contributed by atoms with van der Waals surface area (Å²) in [4.78, 5) is 5.90. The zero-order valence-corrected chi connectivity index (χ0v) is 13.5. The molecule has 0 aliphatic rings. The highest BCUT2D eigenvalue weighted by atomic mass is 35.5. The minimum Gasteiger partial charge on any atom is -0.380 e. The molecule has 0 bridgehead atoms. The van der Waals surface area contributed by atoms with Gasteiger partial charge in [-0.1, -0.05) is 35.1 Å². The van der Waals surface area contributed by atoms with Gasteiger partial charge in [0.05, 0.1) is 6.54 Å². The third-order valence-electron chi connectivity index (χ3n) is 3.02. The molecule has 0 saturated heterocycles. The van der Waals surface area contributed by atoms with E-state index in [1.54, 1.807) is 17.0 Å². The van der Waals surface area contributed by atoms with E-state index >= 15 is 0 Å². The highest BCUT2D eigenvalue weighted by molar-refractivity contribution is 7.19. The minimum atomic E-state index is 0.554. The molecular weight excluding hydrogens is 340 g/mol. The molecule has 3 aromatic heterocycles. The topological polar surface area (TPSA) is 68.0 Å². The Kier molecular flexibility index (Phi) is 3.49. The van der Waals surface area contributed by atoms with Gasteiger partial charge in [0.2, 0.25) is 4.96 Å². The summed E-state index contributed by atoms with van der Waals surface area (Å²) in [6, 6.07) is 8.05. The quantitative estimate of drug-likeness (QED) is 0.610. The molecule has 0 spiro atoms. The summed E-state index contributed by atoms with van der Waals surface area (Å²) in [5, 5.41) is 16.7. The van der Waals surface area contributed by atoms with Gasteiger partial charge in [-0.15, -0.1) is 21.5 Å². The molecule has 4 aromatic rings. The summed E-state index contributed by atoms with van der Waals surface area (Å²) in [6.45, 7) is 0.672. The molecule has 22 heavy (non-hydrogen) atoms. The third kappa shape index (κ3) is 2.56. The summed E-state index contributed by atoms with van der Waals surface area (Å²) >= 11 is 8.83. The second kappa shape index (κ2) is 5.64. The first-order chi connectivity index (χ1) is 10.8. The van der Waals surface area contributed by atoms with Crippen molar-refractivity contribution in [2.45, 2.75) is 6.54 Å². The first kappa shape index (κ1) is 13.6. The predicted molar refractivity (Wildman–Crippen MR) is 88.5 cm³/mol. The Morgan fingerprint density at radius 2 is 2.14 bits per heavy atom. The molecule has 1 aromatic carbocycles. The van der Waals surface area contributed by atoms with Gasteiger partial charge in [-0.05, 0) is 12.1 Å². The van der Waals surface area contributed by atoms with Crippen LogP contribution in [0.15, 0.2) is 36.8 Å². The van der Waals surface area contributed by atoms with E-state index in [2.05, 4.69) is 25.6 Å². The molecule has 0 aliphatic carbocycles. The monoisotopic (exact) mass is 348 g/mol. The molecule has 0 aliphatic heterocycles. The van der Waals surface area contributed by atoms with Gasteiger partial charge in [0.1, 0.15) is 11.3 Å². The van der Waals surface area contributed by atoms with Crippen LogP contribution in [0.5, 0.6) is 0 Å². The fourth-order valence-electron chi connectivity index (χ4n) is 2.04. The minimum absolute atomic E-state index is 0.554. The normalized spacial score (nSPS) is 11.1. The van der Waals surface area contributed by atoms with E-state index in [9.17, 15) is 0 Å². The number of halogens is 1. The fraction of sp³-hybridized carbons (Fsp3) is 0.0769. The van der Waals surface area contributed by atoms with Crippen LogP contribution in [0.3, 0.4) is 0 Å². The first-order valence-corrected chi connectivity index (χ1v) is 8.41. The standard InChI is InChI=1S/C13H9ClN6S2/c14-12-16-6-8(21-12)5-15-10-4-2-1-3-9(10)11-19-20-7-17-18-13(20)22-11/h1-4,6-7,15H,5H2. The molecule has 0 atom stereocenters. The van der Waals surface area contributed by atoms with E-state index in [1.165, 1.54) is 22.7 Å². The van der Waals surface area contributed by atoms with Crippen molar-refractivity contribution in [3.8, 4) is 10.6 Å². The largest absolute Gasteiger partial charge is 0.380 e. The zero-order valence-electron chi connectivity index (χ0n) is 11.1. The number of anilines is 1. The van der Waals surface area contributed by atoms with Gasteiger partial charge in [-0.25, -0.2) is 4.98 Å². The summed E-state index contributed by atoms with van der Waals surface area (Å²) in [5.41, 5.74) is 2.05. The maximum Gasteiger partial charge on any atom is 0.234 e. The smallest absolute Gasteiger partial charge is 0.234 e. The maximum absolute atomic E-state index is 5.86. The average molecular weight is 349 g/mol. The van der Waals surface area contributed by atoms with Gasteiger partial charge in [0.15, 0.2) is 4.47 Å². The van der Waals surface area contributed by atoms with Gasteiger partial charge in [0.25, 0.3) is 0 Å². The summed E-state index contributed by atoms with van der Waals surface area (Å²) in [6.07, 6.45) is 3.39. The van der Waals surface area contributed by atoms with Crippen molar-refractivity contribution in [1.82, 2.24) is 24.8 Å². The van der Waals surface area contributed by atoms with E-state index in [-0.39, 0.29) is 0 Å². The number of hydrogen-bond donors (Lipinski definition) is 1. The van der Waals surface area contributed by atoms with E-state index in [4.69, 9.17) is 11.6 Å². The van der Waals surface area contributed by atoms with Crippen LogP contribution in [0.4, 0.5) is 5.69 Å². The lowest BCUT2D eigenvalue weighted by Crippen LogP contribution is -1.99. The van der Waals surface area contributed by atoms with E-state index in [1.807, 2.05) is 24.3 Å². The number of benzene rings is 1. The number of para-hydroxylation sites is 1. The number of rotatable bonds is 4. The lowest BCUT2D eigenvalue weighted by molar-refractivity contribution is 0.959. The van der Waals surface area contributed by atoms with E-state index in [0.29, 0.717) is 11.0 Å². The molecule has 0 unspecified atom stereocenters. The average Bonchev–Trinajstić information content (AvgIpc) is 3.21. The van der Waals surface area contributed by atoms with Crippen molar-refractivity contribution in [1.29, 1.82) is 0 Å². The highest BCUT2D eigenvalue weighted by Crippen LogP contribution is 2.31. The Morgan fingerprint density at radius 3 is 2.95 bits per heavy atom. The van der Waals surface area contributed by atoms with Crippen LogP contribution in [0.25, 0.3) is 15.5 Å². The molecule has 1 N–H and O–H groups in total. The molecule has 4 rings (SSSR count). The Balaban J connectivity index is 1.64. The molecule has 0 amide bonds. The van der Waals surface area contributed by atoms with Crippen LogP contribution in [0.1, 0.15) is 4.88 Å². The van der Waals surface area contributed by atoms with Crippen LogP contribution in [-0.2, 0) is 6.54 Å². The van der Waals surface area contributed by atoms with Gasteiger partial charge in [0, 0.05) is 22.3 Å². The molecule has 110 valence electrons. The first-order valence-electron chi connectivity index (χ1n) is 6.40. The maximum atomic E-state index is 5.86. The number of hydrogen-bond acceptors (Lipinski definition) is 7. The second-order valence-electron chi connectivity index (χ2n) is 4.44. The SMILES string of the molecule is Clc1ncc(CNc2ccccc2-c2nn3cnnc3s2)s1. The fourth-order valence-corrected chi connectivity index (χ4v) is 3.82. The van der Waals surface area contributed by atoms with Crippen molar-refractivity contribution >= 4 is 44.9 Å². The highest BCUT2D eigenvalue weighted by Gasteiger charge is 2.11. The third-order valence-corrected chi connectivity index (χ3v) is 5.08. The zero-order chi connectivity index (χ0) is 14.9. The van der Waals surface area contributed by atoms with Gasteiger partial charge in [-0.2, -0.15) is 9.61 Å². The summed E-state index contributed by atoms with van der Waals surface area (Å²) < 4.78 is 2.23.